The van der Waals surface area contributed by atoms with E-state index in [1.165, 1.54) is 11.8 Å². The highest BCUT2D eigenvalue weighted by Crippen LogP contribution is 2.27. The van der Waals surface area contributed by atoms with Crippen molar-refractivity contribution in [3.63, 3.8) is 0 Å². The number of aryl methyl sites for hydroxylation is 3. The number of carbonyl (C=O) groups is 3. The van der Waals surface area contributed by atoms with Crippen LogP contribution in [0.1, 0.15) is 62.9 Å². The first-order valence-electron chi connectivity index (χ1n) is 12.2. The van der Waals surface area contributed by atoms with E-state index in [0.29, 0.717) is 11.3 Å². The Balaban J connectivity index is 2.44. The van der Waals surface area contributed by atoms with Gasteiger partial charge >= 0.3 is 6.09 Å². The average molecular weight is 498 g/mol. The van der Waals surface area contributed by atoms with E-state index in [4.69, 9.17) is 4.74 Å². The van der Waals surface area contributed by atoms with Gasteiger partial charge in [-0.05, 0) is 70.2 Å². The van der Waals surface area contributed by atoms with Crippen LogP contribution in [0.2, 0.25) is 0 Å². The van der Waals surface area contributed by atoms with Crippen LogP contribution in [0.4, 0.5) is 10.5 Å². The minimum Gasteiger partial charge on any atom is -0.444 e. The van der Waals surface area contributed by atoms with Gasteiger partial charge in [-0.3, -0.25) is 9.59 Å². The quantitative estimate of drug-likeness (QED) is 0.479. The third-order valence-electron chi connectivity index (χ3n) is 5.72. The molecule has 0 bridgehead atoms. The van der Waals surface area contributed by atoms with Gasteiger partial charge in [-0.1, -0.05) is 49.4 Å². The average Bonchev–Trinajstić information content (AvgIpc) is 2.79. The minimum atomic E-state index is -1.03. The molecule has 0 aliphatic rings. The zero-order valence-electron chi connectivity index (χ0n) is 22.3. The summed E-state index contributed by atoms with van der Waals surface area (Å²) in [5.74, 6) is -0.931. The molecule has 3 amide bonds. The molecule has 0 saturated carbocycles. The molecular weight excluding hydrogens is 458 g/mol. The molecule has 0 saturated heterocycles. The van der Waals surface area contributed by atoms with Crippen LogP contribution < -0.4 is 10.6 Å². The summed E-state index contributed by atoms with van der Waals surface area (Å²) < 4.78 is 5.27. The molecule has 0 heterocycles. The van der Waals surface area contributed by atoms with Crippen LogP contribution in [-0.2, 0) is 20.7 Å². The van der Waals surface area contributed by atoms with Gasteiger partial charge in [0.1, 0.15) is 17.7 Å². The monoisotopic (exact) mass is 497 g/mol. The van der Waals surface area contributed by atoms with Gasteiger partial charge in [0.25, 0.3) is 5.91 Å². The van der Waals surface area contributed by atoms with Gasteiger partial charge in [0.15, 0.2) is 0 Å². The Kier molecular flexibility index (Phi) is 10.0. The third kappa shape index (κ3) is 7.81. The topological polar surface area (TPSA) is 108 Å². The summed E-state index contributed by atoms with van der Waals surface area (Å²) in [5.41, 5.74) is 3.42. The molecule has 2 atom stereocenters. The maximum absolute atomic E-state index is 13.7. The van der Waals surface area contributed by atoms with E-state index in [1.807, 2.05) is 63.2 Å². The molecule has 2 unspecified atom stereocenters. The van der Waals surface area contributed by atoms with Gasteiger partial charge in [0.2, 0.25) is 5.91 Å². The second-order valence-corrected chi connectivity index (χ2v) is 9.88. The molecule has 0 aromatic heterocycles. The Hall–Kier alpha value is -3.39. The zero-order chi connectivity index (χ0) is 27.0. The second-order valence-electron chi connectivity index (χ2n) is 9.88. The summed E-state index contributed by atoms with van der Waals surface area (Å²) in [4.78, 5) is 40.8. The smallest absolute Gasteiger partial charge is 0.408 e. The maximum Gasteiger partial charge on any atom is 0.408 e. The number of para-hydroxylation sites is 1. The van der Waals surface area contributed by atoms with Crippen LogP contribution >= 0.6 is 0 Å². The van der Waals surface area contributed by atoms with Crippen LogP contribution in [0, 0.1) is 13.8 Å². The van der Waals surface area contributed by atoms with Crippen molar-refractivity contribution in [2.75, 3.05) is 18.5 Å². The molecular formula is C28H39N3O5. The standard InChI is InChI=1S/C28H39N3O5/c1-8-21-12-14-22(15-13-21)24(25(33)30-23-18(2)10-9-11-19(23)3)31(16-17-32)26(34)20(4)29-27(35)36-28(5,6)7/h9-15,20,24,32H,8,16-17H2,1-7H3,(H,29,35)(H,30,33). The van der Waals surface area contributed by atoms with E-state index in [-0.39, 0.29) is 13.2 Å². The lowest BCUT2D eigenvalue weighted by atomic mass is 10.00. The fourth-order valence-corrected chi connectivity index (χ4v) is 3.88. The SMILES string of the molecule is CCc1ccc(C(C(=O)Nc2c(C)cccc2C)N(CCO)C(=O)C(C)NC(=O)OC(C)(C)C)cc1. The maximum atomic E-state index is 13.7. The van der Waals surface area contributed by atoms with Gasteiger partial charge < -0.3 is 25.4 Å². The molecule has 2 aromatic rings. The van der Waals surface area contributed by atoms with Gasteiger partial charge in [-0.25, -0.2) is 4.79 Å². The predicted octanol–water partition coefficient (Wildman–Crippen LogP) is 4.28. The highest BCUT2D eigenvalue weighted by atomic mass is 16.6. The fourth-order valence-electron chi connectivity index (χ4n) is 3.88. The number of alkyl carbamates (subject to hydrolysis) is 1. The largest absolute Gasteiger partial charge is 0.444 e. The van der Waals surface area contributed by atoms with Crippen LogP contribution in [0.15, 0.2) is 42.5 Å². The number of aliphatic hydroxyl groups excluding tert-OH is 1. The van der Waals surface area contributed by atoms with E-state index in [2.05, 4.69) is 10.6 Å². The van der Waals surface area contributed by atoms with Crippen molar-refractivity contribution in [1.82, 2.24) is 10.2 Å². The molecule has 8 heteroatoms. The lowest BCUT2D eigenvalue weighted by molar-refractivity contribution is -0.141. The number of benzene rings is 2. The molecule has 0 aliphatic carbocycles. The van der Waals surface area contributed by atoms with Crippen LogP contribution in [0.5, 0.6) is 0 Å². The summed E-state index contributed by atoms with van der Waals surface area (Å²) in [5, 5.41) is 15.3. The van der Waals surface area contributed by atoms with Crippen molar-refractivity contribution in [2.24, 2.45) is 0 Å². The van der Waals surface area contributed by atoms with Crippen LogP contribution in [-0.4, -0.2) is 52.7 Å². The summed E-state index contributed by atoms with van der Waals surface area (Å²) >= 11 is 0. The molecule has 0 aliphatic heterocycles. The van der Waals surface area contributed by atoms with Crippen molar-refractivity contribution >= 4 is 23.6 Å². The number of ether oxygens (including phenoxy) is 1. The van der Waals surface area contributed by atoms with E-state index in [9.17, 15) is 19.5 Å². The van der Waals surface area contributed by atoms with E-state index in [0.717, 1.165) is 23.1 Å². The molecule has 2 aromatic carbocycles. The highest BCUT2D eigenvalue weighted by Gasteiger charge is 2.34. The summed E-state index contributed by atoms with van der Waals surface area (Å²) in [6.45, 7) is 12.1. The van der Waals surface area contributed by atoms with Crippen LogP contribution in [0.3, 0.4) is 0 Å². The Morgan fingerprint density at radius 3 is 2.11 bits per heavy atom. The number of hydrogen-bond acceptors (Lipinski definition) is 5. The first-order valence-corrected chi connectivity index (χ1v) is 12.2. The summed E-state index contributed by atoms with van der Waals surface area (Å²) in [6.07, 6.45) is 0.0894. The summed E-state index contributed by atoms with van der Waals surface area (Å²) in [6, 6.07) is 11.2. The Morgan fingerprint density at radius 1 is 1.03 bits per heavy atom. The number of nitrogens with zero attached hydrogens (tertiary/aromatic N) is 1. The van der Waals surface area contributed by atoms with E-state index >= 15 is 0 Å². The Morgan fingerprint density at radius 2 is 1.61 bits per heavy atom. The van der Waals surface area contributed by atoms with E-state index in [1.54, 1.807) is 20.8 Å². The normalized spacial score (nSPS) is 12.9. The van der Waals surface area contributed by atoms with Gasteiger partial charge in [0, 0.05) is 12.2 Å². The molecule has 196 valence electrons. The molecule has 0 spiro atoms. The fraction of sp³-hybridized carbons (Fsp3) is 0.464. The predicted molar refractivity (Wildman–Crippen MR) is 141 cm³/mol. The number of rotatable bonds is 9. The molecule has 0 radical (unpaired) electrons. The molecule has 3 N–H and O–H groups in total. The first-order chi connectivity index (χ1) is 16.9. The zero-order valence-corrected chi connectivity index (χ0v) is 22.3. The molecule has 2 rings (SSSR count). The van der Waals surface area contributed by atoms with Crippen molar-refractivity contribution < 1.29 is 24.2 Å². The van der Waals surface area contributed by atoms with Gasteiger partial charge in [-0.15, -0.1) is 0 Å². The minimum absolute atomic E-state index is 0.0977. The van der Waals surface area contributed by atoms with Gasteiger partial charge in [0.05, 0.1) is 6.61 Å². The number of anilines is 1. The number of amides is 3. The molecule has 0 fully saturated rings. The highest BCUT2D eigenvalue weighted by molar-refractivity contribution is 5.99. The number of aliphatic hydroxyl groups is 1. The van der Waals surface area contributed by atoms with Crippen molar-refractivity contribution in [3.05, 3.63) is 64.7 Å². The van der Waals surface area contributed by atoms with Crippen molar-refractivity contribution in [3.8, 4) is 0 Å². The Labute approximate surface area is 214 Å². The molecule has 36 heavy (non-hydrogen) atoms. The first kappa shape index (κ1) is 28.8. The lowest BCUT2D eigenvalue weighted by Gasteiger charge is -2.33. The second kappa shape index (κ2) is 12.5. The lowest BCUT2D eigenvalue weighted by Crippen LogP contribution is -2.52. The third-order valence-corrected chi connectivity index (χ3v) is 5.72. The number of carbonyl (C=O) groups excluding carboxylic acids is 3. The van der Waals surface area contributed by atoms with Crippen molar-refractivity contribution in [1.29, 1.82) is 0 Å². The molecule has 8 nitrogen and oxygen atoms in total. The van der Waals surface area contributed by atoms with Crippen molar-refractivity contribution in [2.45, 2.75) is 72.6 Å². The van der Waals surface area contributed by atoms with Gasteiger partial charge in [-0.2, -0.15) is 0 Å². The summed E-state index contributed by atoms with van der Waals surface area (Å²) in [7, 11) is 0. The Bertz CT molecular complexity index is 1040. The number of nitrogens with one attached hydrogen (secondary N) is 2. The number of hydrogen-bond donors (Lipinski definition) is 3. The van der Waals surface area contributed by atoms with E-state index < -0.39 is 35.6 Å². The van der Waals surface area contributed by atoms with Crippen LogP contribution in [0.25, 0.3) is 0 Å².